The molecule has 1 aliphatic rings. The molecule has 0 aliphatic carbocycles. The molecule has 0 unspecified atom stereocenters. The summed E-state index contributed by atoms with van der Waals surface area (Å²) < 4.78 is 13.3. The molecular weight excluding hydrogens is 241 g/mol. The molecule has 98 valence electrons. The first-order valence-corrected chi connectivity index (χ1v) is 6.46. The molecule has 2 nitrogen and oxygen atoms in total. The molecule has 0 fully saturated rings. The fourth-order valence-corrected chi connectivity index (χ4v) is 2.64. The predicted octanol–water partition coefficient (Wildman–Crippen LogP) is 3.40. The third kappa shape index (κ3) is 2.16. The van der Waals surface area contributed by atoms with Gasteiger partial charge < -0.3 is 10.0 Å². The summed E-state index contributed by atoms with van der Waals surface area (Å²) in [6.07, 6.45) is 0.933. The quantitative estimate of drug-likeness (QED) is 0.891. The number of aryl methyl sites for hydroxylation is 1. The molecule has 0 aromatic heterocycles. The van der Waals surface area contributed by atoms with Crippen LogP contribution in [-0.2, 0) is 13.0 Å². The number of fused-ring (bicyclic) bond motifs is 1. The lowest BCUT2D eigenvalue weighted by Gasteiger charge is -2.20. The molecule has 0 saturated heterocycles. The van der Waals surface area contributed by atoms with Crippen molar-refractivity contribution in [2.45, 2.75) is 19.9 Å². The van der Waals surface area contributed by atoms with Gasteiger partial charge in [-0.25, -0.2) is 4.39 Å². The molecule has 0 spiro atoms. The number of rotatable bonds is 2. The van der Waals surface area contributed by atoms with Crippen LogP contribution < -0.4 is 4.90 Å². The third-order valence-corrected chi connectivity index (χ3v) is 3.72. The Kier molecular flexibility index (Phi) is 2.90. The smallest absolute Gasteiger partial charge is 0.125 e. The summed E-state index contributed by atoms with van der Waals surface area (Å²) in [5.74, 6) is 0.131. The fourth-order valence-electron chi connectivity index (χ4n) is 2.64. The van der Waals surface area contributed by atoms with E-state index in [0.717, 1.165) is 29.8 Å². The highest BCUT2D eigenvalue weighted by Crippen LogP contribution is 2.32. The first kappa shape index (κ1) is 12.0. The summed E-state index contributed by atoms with van der Waals surface area (Å²) in [6, 6.07) is 10.7. The van der Waals surface area contributed by atoms with E-state index in [4.69, 9.17) is 0 Å². The van der Waals surface area contributed by atoms with Crippen molar-refractivity contribution < 1.29 is 9.50 Å². The van der Waals surface area contributed by atoms with Gasteiger partial charge in [0.25, 0.3) is 0 Å². The molecule has 0 saturated carbocycles. The lowest BCUT2D eigenvalue weighted by molar-refractivity contribution is 0.463. The molecule has 2 aromatic carbocycles. The van der Waals surface area contributed by atoms with Crippen molar-refractivity contribution >= 4 is 5.69 Å². The Labute approximate surface area is 112 Å². The average Bonchev–Trinajstić information content (AvgIpc) is 2.78. The molecule has 0 amide bonds. The number of halogens is 1. The van der Waals surface area contributed by atoms with E-state index in [2.05, 4.69) is 4.90 Å². The van der Waals surface area contributed by atoms with Gasteiger partial charge >= 0.3 is 0 Å². The maximum Gasteiger partial charge on any atom is 0.125 e. The van der Waals surface area contributed by atoms with Gasteiger partial charge in [-0.1, -0.05) is 24.3 Å². The highest BCUT2D eigenvalue weighted by Gasteiger charge is 2.20. The van der Waals surface area contributed by atoms with Gasteiger partial charge in [0.15, 0.2) is 0 Å². The number of hydrogen-bond acceptors (Lipinski definition) is 2. The van der Waals surface area contributed by atoms with E-state index in [1.54, 1.807) is 6.07 Å². The van der Waals surface area contributed by atoms with Gasteiger partial charge in [0.05, 0.1) is 0 Å². The normalized spacial score (nSPS) is 13.7. The molecule has 0 atom stereocenters. The van der Waals surface area contributed by atoms with Gasteiger partial charge in [0.2, 0.25) is 0 Å². The summed E-state index contributed by atoms with van der Waals surface area (Å²) in [5, 5.41) is 10.1. The maximum atomic E-state index is 13.3. The maximum absolute atomic E-state index is 13.3. The summed E-state index contributed by atoms with van der Waals surface area (Å²) in [6.45, 7) is 3.37. The Morgan fingerprint density at radius 2 is 2.11 bits per heavy atom. The Bertz CT molecular complexity index is 624. The number of benzene rings is 2. The minimum absolute atomic E-state index is 0.209. The zero-order valence-corrected chi connectivity index (χ0v) is 10.9. The Morgan fingerprint density at radius 3 is 2.95 bits per heavy atom. The topological polar surface area (TPSA) is 23.5 Å². The third-order valence-electron chi connectivity index (χ3n) is 3.72. The van der Waals surface area contributed by atoms with Crippen LogP contribution in [0.15, 0.2) is 36.4 Å². The number of hydrogen-bond donors (Lipinski definition) is 1. The lowest BCUT2D eigenvalue weighted by Crippen LogP contribution is -2.19. The fraction of sp³-hybridized carbons (Fsp3) is 0.250. The first-order chi connectivity index (χ1) is 9.15. The highest BCUT2D eigenvalue weighted by atomic mass is 19.1. The molecule has 0 radical (unpaired) electrons. The molecule has 1 heterocycles. The largest absolute Gasteiger partial charge is 0.507 e. The van der Waals surface area contributed by atoms with Gasteiger partial charge in [0, 0.05) is 24.3 Å². The minimum atomic E-state index is -0.209. The van der Waals surface area contributed by atoms with Crippen LogP contribution in [0.2, 0.25) is 0 Å². The number of aromatic hydroxyl groups is 1. The van der Waals surface area contributed by atoms with E-state index < -0.39 is 0 Å². The zero-order chi connectivity index (χ0) is 13.4. The second-order valence-electron chi connectivity index (χ2n) is 5.03. The van der Waals surface area contributed by atoms with E-state index in [1.165, 1.54) is 11.6 Å². The SMILES string of the molecule is Cc1cccc(CN2CCc3ccc(F)cc32)c1O. The second-order valence-corrected chi connectivity index (χ2v) is 5.03. The Hall–Kier alpha value is -2.03. The molecule has 1 N–H and O–H groups in total. The Balaban J connectivity index is 1.90. The van der Waals surface area contributed by atoms with Crippen LogP contribution in [0.4, 0.5) is 10.1 Å². The predicted molar refractivity (Wildman–Crippen MR) is 74.0 cm³/mol. The zero-order valence-electron chi connectivity index (χ0n) is 10.9. The van der Waals surface area contributed by atoms with Gasteiger partial charge in [-0.15, -0.1) is 0 Å². The van der Waals surface area contributed by atoms with E-state index >= 15 is 0 Å². The van der Waals surface area contributed by atoms with E-state index in [1.807, 2.05) is 31.2 Å². The van der Waals surface area contributed by atoms with Gasteiger partial charge in [-0.3, -0.25) is 0 Å². The molecule has 1 aliphatic heterocycles. The van der Waals surface area contributed by atoms with Gasteiger partial charge in [-0.2, -0.15) is 0 Å². The van der Waals surface area contributed by atoms with Crippen molar-refractivity contribution in [2.24, 2.45) is 0 Å². The highest BCUT2D eigenvalue weighted by molar-refractivity contribution is 5.59. The van der Waals surface area contributed by atoms with Crippen LogP contribution in [0.25, 0.3) is 0 Å². The molecule has 3 heteroatoms. The van der Waals surface area contributed by atoms with Crippen LogP contribution in [0.3, 0.4) is 0 Å². The van der Waals surface area contributed by atoms with Crippen LogP contribution >= 0.6 is 0 Å². The Morgan fingerprint density at radius 1 is 1.26 bits per heavy atom. The monoisotopic (exact) mass is 257 g/mol. The second kappa shape index (κ2) is 4.57. The molecule has 19 heavy (non-hydrogen) atoms. The van der Waals surface area contributed by atoms with Crippen LogP contribution in [0.5, 0.6) is 5.75 Å². The molecule has 2 aromatic rings. The summed E-state index contributed by atoms with van der Waals surface area (Å²) in [5.41, 5.74) is 3.88. The first-order valence-electron chi connectivity index (χ1n) is 6.46. The van der Waals surface area contributed by atoms with E-state index in [-0.39, 0.29) is 5.82 Å². The number of anilines is 1. The van der Waals surface area contributed by atoms with Crippen molar-refractivity contribution in [1.29, 1.82) is 0 Å². The van der Waals surface area contributed by atoms with Crippen molar-refractivity contribution in [1.82, 2.24) is 0 Å². The number of nitrogens with zero attached hydrogens (tertiary/aromatic N) is 1. The number of phenols is 1. The lowest BCUT2D eigenvalue weighted by atomic mass is 10.1. The molecule has 0 bridgehead atoms. The van der Waals surface area contributed by atoms with Crippen LogP contribution in [-0.4, -0.2) is 11.7 Å². The van der Waals surface area contributed by atoms with Crippen molar-refractivity contribution in [3.05, 3.63) is 58.9 Å². The summed E-state index contributed by atoms with van der Waals surface area (Å²) in [4.78, 5) is 2.12. The van der Waals surface area contributed by atoms with Gasteiger partial charge in [-0.05, 0) is 36.6 Å². The molecular formula is C16H16FNO. The van der Waals surface area contributed by atoms with Gasteiger partial charge in [0.1, 0.15) is 11.6 Å². The van der Waals surface area contributed by atoms with Crippen LogP contribution in [0.1, 0.15) is 16.7 Å². The minimum Gasteiger partial charge on any atom is -0.507 e. The van der Waals surface area contributed by atoms with Crippen molar-refractivity contribution in [3.63, 3.8) is 0 Å². The summed E-state index contributed by atoms with van der Waals surface area (Å²) in [7, 11) is 0. The van der Waals surface area contributed by atoms with E-state index in [0.29, 0.717) is 12.3 Å². The van der Waals surface area contributed by atoms with Crippen molar-refractivity contribution in [3.8, 4) is 5.75 Å². The number of phenolic OH excluding ortho intramolecular Hbond substituents is 1. The van der Waals surface area contributed by atoms with E-state index in [9.17, 15) is 9.50 Å². The molecule has 3 rings (SSSR count). The number of para-hydroxylation sites is 1. The summed E-state index contributed by atoms with van der Waals surface area (Å²) >= 11 is 0. The van der Waals surface area contributed by atoms with Crippen molar-refractivity contribution in [2.75, 3.05) is 11.4 Å². The standard InChI is InChI=1S/C16H16FNO/c1-11-3-2-4-13(16(11)19)10-18-8-7-12-5-6-14(17)9-15(12)18/h2-6,9,19H,7-8,10H2,1H3. The average molecular weight is 257 g/mol. The van der Waals surface area contributed by atoms with Crippen LogP contribution in [0, 0.1) is 12.7 Å².